The minimum Gasteiger partial charge on any atom is -0.457 e. The summed E-state index contributed by atoms with van der Waals surface area (Å²) in [4.78, 5) is 23.2. The van der Waals surface area contributed by atoms with Crippen LogP contribution in [0.25, 0.3) is 0 Å². The lowest BCUT2D eigenvalue weighted by molar-refractivity contribution is 0.00836. The van der Waals surface area contributed by atoms with Crippen molar-refractivity contribution in [2.75, 3.05) is 18.8 Å². The van der Waals surface area contributed by atoms with Crippen molar-refractivity contribution in [2.45, 2.75) is 57.9 Å². The van der Waals surface area contributed by atoms with E-state index < -0.39 is 106 Å². The topological polar surface area (TPSA) is 317 Å². The molecule has 0 saturated carbocycles. The van der Waals surface area contributed by atoms with Crippen LogP contribution in [0.4, 0.5) is 22.0 Å². The van der Waals surface area contributed by atoms with Crippen molar-refractivity contribution >= 4 is 41.1 Å². The first-order valence-corrected chi connectivity index (χ1v) is 27.5. The number of carbonyl (C=O) groups excluding carboxylic acids is 2. The number of benzene rings is 6. The maximum atomic E-state index is 14.1. The summed E-state index contributed by atoms with van der Waals surface area (Å²) in [5, 5.41) is 66.9. The van der Waals surface area contributed by atoms with Gasteiger partial charge < -0.3 is 34.6 Å². The molecule has 18 nitrogen and oxygen atoms in total. The molecule has 3 aliphatic rings. The van der Waals surface area contributed by atoms with E-state index in [4.69, 9.17) is 30.0 Å². The van der Waals surface area contributed by atoms with E-state index in [1.807, 2.05) is 0 Å². The molecular formula is C51H36F5N3O15S3. The summed E-state index contributed by atoms with van der Waals surface area (Å²) >= 11 is 0. The number of Topliss-reactive ketones (excluding diaryl/α,β-unsaturated/α-hetero) is 2. The molecule has 0 aromatic heterocycles. The average Bonchev–Trinajstić information content (AvgIpc) is 3.88. The number of aliphatic hydroxyl groups excluding tert-OH is 4. The summed E-state index contributed by atoms with van der Waals surface area (Å²) in [6, 6.07) is 22.0. The van der Waals surface area contributed by atoms with E-state index in [0.717, 1.165) is 73.4 Å². The van der Waals surface area contributed by atoms with Crippen molar-refractivity contribution in [3.05, 3.63) is 159 Å². The summed E-state index contributed by atoms with van der Waals surface area (Å²) in [7, 11) is -11.4. The Morgan fingerprint density at radius 1 is 0.494 bits per heavy atom. The molecule has 9 rings (SSSR count). The van der Waals surface area contributed by atoms with E-state index in [1.165, 1.54) is 36.4 Å². The lowest BCUT2D eigenvalue weighted by atomic mass is 10.1. The van der Waals surface area contributed by atoms with E-state index in [0.29, 0.717) is 0 Å². The number of rotatable bonds is 9. The molecule has 0 aliphatic heterocycles. The number of halogens is 5. The molecule has 77 heavy (non-hydrogen) atoms. The number of aliphatic hydroxyl groups is 4. The second kappa shape index (κ2) is 21.5. The highest BCUT2D eigenvalue weighted by molar-refractivity contribution is 7.91. The fourth-order valence-electron chi connectivity index (χ4n) is 8.48. The monoisotopic (exact) mass is 1120 g/mol. The van der Waals surface area contributed by atoms with Crippen molar-refractivity contribution in [2.24, 2.45) is 0 Å². The molecule has 0 fully saturated rings. The Morgan fingerprint density at radius 2 is 0.857 bits per heavy atom. The number of carbonyl (C=O) groups is 2. The SMILES string of the molecule is CS(=O)(=O)c1ccc(Oc2cc(F)cc(C#N)c2)c2c1C(=O)C(F)[C@H]2O.CS(=O)(=O)c1ccc(Oc2cc(F)cc(C#N)c2)c2c1C(=O)C[C@H]2O.CS(=O)(=O)c1ccc(Oc2cc(F)cc(C#N)c2)c2c1[C@H](O)[C@H](F)[C@H]2O. The van der Waals surface area contributed by atoms with E-state index in [1.54, 1.807) is 18.2 Å². The quantitative estimate of drug-likeness (QED) is 0.103. The molecule has 398 valence electrons. The molecule has 26 heteroatoms. The molecule has 6 atom stereocenters. The molecule has 0 saturated heterocycles. The molecule has 0 bridgehead atoms. The van der Waals surface area contributed by atoms with Crippen LogP contribution in [0.15, 0.2) is 106 Å². The number of nitrogens with zero attached hydrogens (tertiary/aromatic N) is 3. The van der Waals surface area contributed by atoms with Gasteiger partial charge in [0.2, 0.25) is 5.78 Å². The first-order chi connectivity index (χ1) is 36.0. The van der Waals surface area contributed by atoms with Gasteiger partial charge >= 0.3 is 0 Å². The Hall–Kier alpha value is -8.13. The molecule has 0 spiro atoms. The standard InChI is InChI=1S/C17H13F2NO5S.C17H11F2NO5S.C17H12FNO5S/c2*1-26(23,24)12-3-2-11(13-14(12)17(22)15(19)16(13)21)25-10-5-8(7-20)4-9(18)6-10;1-25(22,23)15-3-2-14(16-12(20)7-13(21)17(15)16)24-11-5-9(8-19)4-10(18)6-11/h2-6,15-17,21-22H,1H3;2-6,15-16,21H,1H3;2-6,12,20H,7H2,1H3/t15-,16+,17+;15?,16-;12-/m101/s1. The van der Waals surface area contributed by atoms with Crippen molar-refractivity contribution in [1.29, 1.82) is 15.8 Å². The predicted molar refractivity (Wildman–Crippen MR) is 255 cm³/mol. The second-order valence-corrected chi connectivity index (χ2v) is 23.2. The molecule has 4 N–H and O–H groups in total. The highest BCUT2D eigenvalue weighted by atomic mass is 32.2. The minimum absolute atomic E-state index is 0.00240. The zero-order valence-corrected chi connectivity index (χ0v) is 42.0. The minimum atomic E-state index is -3.87. The summed E-state index contributed by atoms with van der Waals surface area (Å²) in [5.41, 5.74) is -1.40. The number of hydrogen-bond donors (Lipinski definition) is 4. The fourth-order valence-corrected chi connectivity index (χ4v) is 11.2. The lowest BCUT2D eigenvalue weighted by Crippen LogP contribution is -2.14. The largest absolute Gasteiger partial charge is 0.457 e. The molecule has 0 heterocycles. The van der Waals surface area contributed by atoms with Crippen LogP contribution in [-0.2, 0) is 29.5 Å². The van der Waals surface area contributed by atoms with Gasteiger partial charge in [-0.15, -0.1) is 0 Å². The number of nitriles is 3. The molecule has 6 aromatic carbocycles. The number of ketones is 2. The Kier molecular flexibility index (Phi) is 15.8. The van der Waals surface area contributed by atoms with Crippen LogP contribution in [-0.4, -0.2) is 88.4 Å². The van der Waals surface area contributed by atoms with Gasteiger partial charge in [-0.25, -0.2) is 47.2 Å². The van der Waals surface area contributed by atoms with E-state index in [-0.39, 0.29) is 95.2 Å². The number of fused-ring (bicyclic) bond motifs is 3. The molecular weight excluding hydrogens is 1090 g/mol. The fraction of sp³-hybridized carbons (Fsp3) is 0.196. The summed E-state index contributed by atoms with van der Waals surface area (Å²) < 4.78 is 156. The van der Waals surface area contributed by atoms with E-state index in [9.17, 15) is 77.2 Å². The van der Waals surface area contributed by atoms with Gasteiger partial charge in [-0.2, -0.15) is 15.8 Å². The highest BCUT2D eigenvalue weighted by Crippen LogP contribution is 2.50. The first-order valence-electron chi connectivity index (χ1n) is 21.8. The van der Waals surface area contributed by atoms with Gasteiger partial charge in [0, 0.05) is 76.8 Å². The van der Waals surface area contributed by atoms with Crippen LogP contribution < -0.4 is 14.2 Å². The maximum Gasteiger partial charge on any atom is 0.201 e. The molecule has 3 aliphatic carbocycles. The normalized spacial score (nSPS) is 19.2. The Morgan fingerprint density at radius 3 is 1.26 bits per heavy atom. The third-order valence-electron chi connectivity index (χ3n) is 11.7. The van der Waals surface area contributed by atoms with Gasteiger partial charge in [0.25, 0.3) is 0 Å². The first kappa shape index (κ1) is 56.6. The zero-order valence-electron chi connectivity index (χ0n) is 39.6. The summed E-state index contributed by atoms with van der Waals surface area (Å²) in [6.07, 6.45) is -8.84. The Bertz CT molecular complexity index is 3950. The molecule has 1 unspecified atom stereocenters. The summed E-state index contributed by atoms with van der Waals surface area (Å²) in [6.45, 7) is 0. The van der Waals surface area contributed by atoms with Crippen LogP contribution in [0, 0.1) is 51.4 Å². The third kappa shape index (κ3) is 11.7. The number of hydrogen-bond acceptors (Lipinski definition) is 18. The van der Waals surface area contributed by atoms with Crippen LogP contribution in [0.5, 0.6) is 34.5 Å². The smallest absolute Gasteiger partial charge is 0.201 e. The molecule has 0 radical (unpaired) electrons. The highest BCUT2D eigenvalue weighted by Gasteiger charge is 2.46. The van der Waals surface area contributed by atoms with Crippen molar-refractivity contribution in [3.63, 3.8) is 0 Å². The van der Waals surface area contributed by atoms with Crippen molar-refractivity contribution in [1.82, 2.24) is 0 Å². The van der Waals surface area contributed by atoms with Crippen LogP contribution in [0.1, 0.15) is 90.5 Å². The third-order valence-corrected chi connectivity index (χ3v) is 15.1. The maximum absolute atomic E-state index is 14.1. The number of ether oxygens (including phenoxy) is 3. The van der Waals surface area contributed by atoms with Crippen LogP contribution in [0.2, 0.25) is 0 Å². The van der Waals surface area contributed by atoms with Gasteiger partial charge in [-0.1, -0.05) is 0 Å². The van der Waals surface area contributed by atoms with E-state index >= 15 is 0 Å². The van der Waals surface area contributed by atoms with Gasteiger partial charge in [0.15, 0.2) is 47.6 Å². The predicted octanol–water partition coefficient (Wildman–Crippen LogP) is 7.29. The zero-order chi connectivity index (χ0) is 56.8. The van der Waals surface area contributed by atoms with Gasteiger partial charge in [0.1, 0.15) is 70.3 Å². The van der Waals surface area contributed by atoms with Gasteiger partial charge in [-0.05, 0) is 72.8 Å². The van der Waals surface area contributed by atoms with Crippen molar-refractivity contribution in [3.8, 4) is 52.7 Å². The van der Waals surface area contributed by atoms with Crippen LogP contribution >= 0.6 is 0 Å². The summed E-state index contributed by atoms with van der Waals surface area (Å²) in [5.74, 6) is -4.41. The molecule has 6 aromatic rings. The number of alkyl halides is 2. The second-order valence-electron chi connectivity index (χ2n) is 17.3. The molecule has 0 amide bonds. The Labute approximate surface area is 434 Å². The van der Waals surface area contributed by atoms with E-state index in [2.05, 4.69) is 0 Å². The van der Waals surface area contributed by atoms with Crippen LogP contribution in [0.3, 0.4) is 0 Å². The van der Waals surface area contributed by atoms with Crippen molar-refractivity contribution < 1.29 is 91.4 Å². The lowest BCUT2D eigenvalue weighted by Gasteiger charge is -2.15. The Balaban J connectivity index is 0.000000168. The van der Waals surface area contributed by atoms with Gasteiger partial charge in [0.05, 0.1) is 55.7 Å². The average molecular weight is 1120 g/mol. The van der Waals surface area contributed by atoms with Gasteiger partial charge in [-0.3, -0.25) is 9.59 Å². The number of sulfone groups is 3.